The van der Waals surface area contributed by atoms with Crippen LogP contribution >= 0.6 is 0 Å². The number of carbonyl (C=O) groups excluding carboxylic acids is 1. The molecule has 1 aromatic rings. The molecule has 0 aromatic heterocycles. The number of aryl methyl sites for hydroxylation is 1. The van der Waals surface area contributed by atoms with Crippen LogP contribution in [0.15, 0.2) is 24.3 Å². The molecule has 0 spiro atoms. The minimum atomic E-state index is -0.795. The summed E-state index contributed by atoms with van der Waals surface area (Å²) in [7, 11) is 0. The number of amides is 1. The van der Waals surface area contributed by atoms with E-state index in [1.807, 2.05) is 31.2 Å². The topological polar surface area (TPSA) is 66.4 Å². The van der Waals surface area contributed by atoms with E-state index >= 15 is 0 Å². The summed E-state index contributed by atoms with van der Waals surface area (Å²) < 4.78 is 0. The number of hydrogen-bond donors (Lipinski definition) is 2. The highest BCUT2D eigenvalue weighted by atomic mass is 16.4. The maximum atomic E-state index is 12.0. The molecular formula is C15H19NO3. The smallest absolute Gasteiger partial charge is 0.303 e. The van der Waals surface area contributed by atoms with Crippen molar-refractivity contribution in [2.24, 2.45) is 5.41 Å². The minimum absolute atomic E-state index is 0.105. The van der Waals surface area contributed by atoms with E-state index in [2.05, 4.69) is 5.32 Å². The maximum Gasteiger partial charge on any atom is 0.303 e. The van der Waals surface area contributed by atoms with Gasteiger partial charge < -0.3 is 10.4 Å². The fourth-order valence-corrected chi connectivity index (χ4v) is 2.16. The van der Waals surface area contributed by atoms with Crippen LogP contribution in [0.5, 0.6) is 0 Å². The average Bonchev–Trinajstić information content (AvgIpc) is 3.19. The highest BCUT2D eigenvalue weighted by molar-refractivity contribution is 5.97. The van der Waals surface area contributed by atoms with Gasteiger partial charge >= 0.3 is 5.97 Å². The number of benzene rings is 1. The predicted molar refractivity (Wildman–Crippen MR) is 73.0 cm³/mol. The van der Waals surface area contributed by atoms with Crippen molar-refractivity contribution in [3.8, 4) is 0 Å². The van der Waals surface area contributed by atoms with E-state index in [1.165, 1.54) is 0 Å². The van der Waals surface area contributed by atoms with E-state index in [1.54, 1.807) is 0 Å². The Morgan fingerprint density at radius 1 is 1.26 bits per heavy atom. The summed E-state index contributed by atoms with van der Waals surface area (Å²) in [6.07, 6.45) is 3.49. The molecule has 1 aliphatic rings. The lowest BCUT2D eigenvalue weighted by atomic mass is 10.0. The van der Waals surface area contributed by atoms with Crippen molar-refractivity contribution in [1.29, 1.82) is 0 Å². The molecular weight excluding hydrogens is 242 g/mol. The molecule has 2 N–H and O–H groups in total. The van der Waals surface area contributed by atoms with Crippen LogP contribution in [0.2, 0.25) is 0 Å². The summed E-state index contributed by atoms with van der Waals surface area (Å²) in [6.45, 7) is 2.04. The van der Waals surface area contributed by atoms with E-state index < -0.39 is 5.97 Å². The van der Waals surface area contributed by atoms with Gasteiger partial charge in [-0.2, -0.15) is 0 Å². The molecule has 0 atom stereocenters. The zero-order valence-corrected chi connectivity index (χ0v) is 11.1. The van der Waals surface area contributed by atoms with E-state index in [9.17, 15) is 9.59 Å². The highest BCUT2D eigenvalue weighted by Gasteiger charge is 2.47. The second-order valence-corrected chi connectivity index (χ2v) is 5.18. The summed E-state index contributed by atoms with van der Waals surface area (Å²) >= 11 is 0. The lowest BCUT2D eigenvalue weighted by molar-refractivity contribution is -0.137. The Morgan fingerprint density at radius 3 is 2.37 bits per heavy atom. The fraction of sp³-hybridized carbons (Fsp3) is 0.467. The van der Waals surface area contributed by atoms with Crippen LogP contribution in [0.1, 0.15) is 38.2 Å². The van der Waals surface area contributed by atoms with Crippen molar-refractivity contribution in [3.63, 3.8) is 0 Å². The highest BCUT2D eigenvalue weighted by Crippen LogP contribution is 2.49. The van der Waals surface area contributed by atoms with Crippen molar-refractivity contribution in [2.45, 2.75) is 39.0 Å². The number of carbonyl (C=O) groups is 2. The Bertz CT molecular complexity index is 475. The van der Waals surface area contributed by atoms with Gasteiger partial charge in [0, 0.05) is 17.5 Å². The molecule has 0 heterocycles. The average molecular weight is 261 g/mol. The predicted octanol–water partition coefficient (Wildman–Crippen LogP) is 2.83. The van der Waals surface area contributed by atoms with Crippen LogP contribution in [0.3, 0.4) is 0 Å². The standard InChI is InChI=1S/C15H19NO3/c1-2-15(9-10-15)14(19)16-12-6-3-11(4-7-12)5-8-13(17)18/h3-4,6-7H,2,5,8-10H2,1H3,(H,16,19)(H,17,18). The maximum absolute atomic E-state index is 12.0. The van der Waals surface area contributed by atoms with E-state index in [-0.39, 0.29) is 17.7 Å². The summed E-state index contributed by atoms with van der Waals surface area (Å²) in [6, 6.07) is 7.40. The molecule has 0 radical (unpaired) electrons. The van der Waals surface area contributed by atoms with Crippen molar-refractivity contribution < 1.29 is 14.7 Å². The van der Waals surface area contributed by atoms with Crippen LogP contribution in [0.25, 0.3) is 0 Å². The third-order valence-electron chi connectivity index (χ3n) is 3.85. The van der Waals surface area contributed by atoms with Crippen LogP contribution in [-0.4, -0.2) is 17.0 Å². The fourth-order valence-electron chi connectivity index (χ4n) is 2.16. The first-order valence-corrected chi connectivity index (χ1v) is 6.68. The lowest BCUT2D eigenvalue weighted by Gasteiger charge is -2.13. The zero-order valence-electron chi connectivity index (χ0n) is 11.1. The largest absolute Gasteiger partial charge is 0.481 e. The molecule has 4 heteroatoms. The summed E-state index contributed by atoms with van der Waals surface area (Å²) in [5, 5.41) is 11.5. The number of hydrogen-bond acceptors (Lipinski definition) is 2. The quantitative estimate of drug-likeness (QED) is 0.827. The molecule has 0 saturated heterocycles. The molecule has 2 rings (SSSR count). The van der Waals surface area contributed by atoms with Gasteiger partial charge in [0.05, 0.1) is 0 Å². The van der Waals surface area contributed by atoms with Gasteiger partial charge in [-0.15, -0.1) is 0 Å². The normalized spacial score (nSPS) is 15.8. The van der Waals surface area contributed by atoms with Crippen LogP contribution in [0.4, 0.5) is 5.69 Å². The Labute approximate surface area is 112 Å². The number of nitrogens with one attached hydrogen (secondary N) is 1. The van der Waals surface area contributed by atoms with E-state index in [0.29, 0.717) is 6.42 Å². The van der Waals surface area contributed by atoms with Crippen molar-refractivity contribution in [3.05, 3.63) is 29.8 Å². The molecule has 1 aliphatic carbocycles. The first-order valence-electron chi connectivity index (χ1n) is 6.68. The molecule has 0 bridgehead atoms. The van der Waals surface area contributed by atoms with Gasteiger partial charge in [0.15, 0.2) is 0 Å². The Hall–Kier alpha value is -1.84. The first kappa shape index (κ1) is 13.6. The van der Waals surface area contributed by atoms with Crippen LogP contribution in [-0.2, 0) is 16.0 Å². The molecule has 4 nitrogen and oxygen atoms in total. The van der Waals surface area contributed by atoms with Crippen LogP contribution in [0, 0.1) is 5.41 Å². The van der Waals surface area contributed by atoms with Crippen molar-refractivity contribution in [1.82, 2.24) is 0 Å². The second kappa shape index (κ2) is 5.43. The van der Waals surface area contributed by atoms with Gasteiger partial charge in [-0.05, 0) is 43.4 Å². The van der Waals surface area contributed by atoms with E-state index in [4.69, 9.17) is 5.11 Å². The third-order valence-corrected chi connectivity index (χ3v) is 3.85. The zero-order chi connectivity index (χ0) is 13.9. The lowest BCUT2D eigenvalue weighted by Crippen LogP contribution is -2.23. The summed E-state index contributed by atoms with van der Waals surface area (Å²) in [4.78, 5) is 22.5. The summed E-state index contributed by atoms with van der Waals surface area (Å²) in [5.74, 6) is -0.690. The number of carboxylic acid groups (broad SMARTS) is 1. The Kier molecular flexibility index (Phi) is 3.88. The Balaban J connectivity index is 1.91. The van der Waals surface area contributed by atoms with Gasteiger partial charge in [0.25, 0.3) is 0 Å². The monoisotopic (exact) mass is 261 g/mol. The second-order valence-electron chi connectivity index (χ2n) is 5.18. The minimum Gasteiger partial charge on any atom is -0.481 e. The Morgan fingerprint density at radius 2 is 1.89 bits per heavy atom. The van der Waals surface area contributed by atoms with Gasteiger partial charge in [-0.3, -0.25) is 9.59 Å². The number of anilines is 1. The van der Waals surface area contributed by atoms with Gasteiger partial charge in [-0.1, -0.05) is 19.1 Å². The van der Waals surface area contributed by atoms with Crippen molar-refractivity contribution >= 4 is 17.6 Å². The molecule has 0 aliphatic heterocycles. The molecule has 1 amide bonds. The van der Waals surface area contributed by atoms with E-state index in [0.717, 1.165) is 30.5 Å². The molecule has 102 valence electrons. The SMILES string of the molecule is CCC1(C(=O)Nc2ccc(CCC(=O)O)cc2)CC1. The third kappa shape index (κ3) is 3.34. The first-order chi connectivity index (χ1) is 9.05. The summed E-state index contributed by atoms with van der Waals surface area (Å²) in [5.41, 5.74) is 1.61. The molecule has 0 unspecified atom stereocenters. The van der Waals surface area contributed by atoms with Crippen molar-refractivity contribution in [2.75, 3.05) is 5.32 Å². The number of rotatable bonds is 6. The van der Waals surface area contributed by atoms with Gasteiger partial charge in [0.2, 0.25) is 5.91 Å². The number of aliphatic carboxylic acids is 1. The molecule has 19 heavy (non-hydrogen) atoms. The van der Waals surface area contributed by atoms with Gasteiger partial charge in [0.1, 0.15) is 0 Å². The molecule has 1 fully saturated rings. The van der Waals surface area contributed by atoms with Gasteiger partial charge in [-0.25, -0.2) is 0 Å². The van der Waals surface area contributed by atoms with Crippen LogP contribution < -0.4 is 5.32 Å². The molecule has 1 saturated carbocycles. The molecule has 1 aromatic carbocycles. The number of carboxylic acids is 1.